The molecule has 0 saturated heterocycles. The van der Waals surface area contributed by atoms with Crippen molar-refractivity contribution in [1.82, 2.24) is 10.6 Å². The van der Waals surface area contributed by atoms with Crippen LogP contribution in [0.15, 0.2) is 24.3 Å². The molecule has 4 unspecified atom stereocenters. The number of rotatable bonds is 6. The number of halogens is 1. The number of aliphatic hydroxyl groups excluding tert-OH is 1. The van der Waals surface area contributed by atoms with E-state index in [2.05, 4.69) is 10.6 Å². The first-order valence-electron chi connectivity index (χ1n) is 9.00. The van der Waals surface area contributed by atoms with Crippen molar-refractivity contribution in [2.24, 2.45) is 5.92 Å². The van der Waals surface area contributed by atoms with Crippen molar-refractivity contribution < 1.29 is 19.1 Å². The highest BCUT2D eigenvalue weighted by Gasteiger charge is 2.36. The first-order chi connectivity index (χ1) is 12.0. The quantitative estimate of drug-likeness (QED) is 0.734. The molecule has 2 aliphatic rings. The summed E-state index contributed by atoms with van der Waals surface area (Å²) in [5.74, 6) is -0.698. The average Bonchev–Trinajstić information content (AvgIpc) is 3.33. The third-order valence-electron chi connectivity index (χ3n) is 5.15. The molecule has 3 N–H and O–H groups in total. The van der Waals surface area contributed by atoms with E-state index in [0.717, 1.165) is 37.7 Å². The van der Waals surface area contributed by atoms with Crippen molar-refractivity contribution in [2.75, 3.05) is 0 Å². The molecule has 5 nitrogen and oxygen atoms in total. The average molecular weight is 348 g/mol. The number of nitrogens with one attached hydrogen (secondary N) is 2. The highest BCUT2D eigenvalue weighted by molar-refractivity contribution is 5.90. The molecule has 2 saturated carbocycles. The summed E-state index contributed by atoms with van der Waals surface area (Å²) in [4.78, 5) is 24.5. The van der Waals surface area contributed by atoms with Gasteiger partial charge in [0.25, 0.3) is 0 Å². The summed E-state index contributed by atoms with van der Waals surface area (Å²) < 4.78 is 13.1. The van der Waals surface area contributed by atoms with Gasteiger partial charge < -0.3 is 15.7 Å². The number of carbonyl (C=O) groups is 2. The molecular weight excluding hydrogens is 323 g/mol. The Labute approximate surface area is 147 Å². The van der Waals surface area contributed by atoms with Gasteiger partial charge in [0.1, 0.15) is 11.9 Å². The van der Waals surface area contributed by atoms with Crippen LogP contribution in [0.5, 0.6) is 0 Å². The lowest BCUT2D eigenvalue weighted by Gasteiger charge is -2.26. The minimum absolute atomic E-state index is 0.0208. The van der Waals surface area contributed by atoms with Crippen LogP contribution in [0.1, 0.15) is 50.5 Å². The molecule has 0 aliphatic heterocycles. The van der Waals surface area contributed by atoms with E-state index in [0.29, 0.717) is 0 Å². The summed E-state index contributed by atoms with van der Waals surface area (Å²) in [6.07, 6.45) is 3.44. The fraction of sp³-hybridized carbons (Fsp3) is 0.579. The molecule has 1 aromatic carbocycles. The molecular formula is C19H25FN2O3. The van der Waals surface area contributed by atoms with Crippen molar-refractivity contribution >= 4 is 11.8 Å². The van der Waals surface area contributed by atoms with Gasteiger partial charge in [0, 0.05) is 17.9 Å². The predicted molar refractivity (Wildman–Crippen MR) is 91.3 cm³/mol. The van der Waals surface area contributed by atoms with Crippen molar-refractivity contribution in [3.05, 3.63) is 35.6 Å². The smallest absolute Gasteiger partial charge is 0.245 e. The first kappa shape index (κ1) is 17.9. The summed E-state index contributed by atoms with van der Waals surface area (Å²) in [7, 11) is 0. The Bertz CT molecular complexity index is 628. The Kier molecular flexibility index (Phi) is 5.37. The zero-order chi connectivity index (χ0) is 18.0. The van der Waals surface area contributed by atoms with Crippen LogP contribution < -0.4 is 10.6 Å². The van der Waals surface area contributed by atoms with Crippen LogP contribution in [-0.2, 0) is 9.59 Å². The summed E-state index contributed by atoms with van der Waals surface area (Å²) in [6.45, 7) is 1.50. The standard InChI is InChI=1S/C19H25FN2O3/c1-11(23)17(22-18(24)13-5-6-13)19(25)21-16-4-2-3-15(16)12-7-9-14(20)10-8-12/h7-11,13,15-17,23H,2-6H2,1H3,(H,21,25)(H,22,24). The molecule has 2 fully saturated rings. The van der Waals surface area contributed by atoms with Crippen molar-refractivity contribution in [3.8, 4) is 0 Å². The fourth-order valence-corrected chi connectivity index (χ4v) is 3.54. The zero-order valence-electron chi connectivity index (χ0n) is 14.4. The Balaban J connectivity index is 1.64. The molecule has 4 atom stereocenters. The molecule has 6 heteroatoms. The van der Waals surface area contributed by atoms with Crippen LogP contribution in [0.25, 0.3) is 0 Å². The molecule has 2 aliphatic carbocycles. The van der Waals surface area contributed by atoms with Gasteiger partial charge in [-0.25, -0.2) is 4.39 Å². The highest BCUT2D eigenvalue weighted by Crippen LogP contribution is 2.35. The summed E-state index contributed by atoms with van der Waals surface area (Å²) in [6, 6.07) is 5.36. The maximum atomic E-state index is 13.1. The van der Waals surface area contributed by atoms with Gasteiger partial charge in [-0.1, -0.05) is 18.6 Å². The van der Waals surface area contributed by atoms with Crippen LogP contribution in [-0.4, -0.2) is 35.1 Å². The fourth-order valence-electron chi connectivity index (χ4n) is 3.54. The SMILES string of the molecule is CC(O)C(NC(=O)C1CC1)C(=O)NC1CCCC1c1ccc(F)cc1. The van der Waals surface area contributed by atoms with Crippen molar-refractivity contribution in [1.29, 1.82) is 0 Å². The lowest BCUT2D eigenvalue weighted by atomic mass is 9.93. The molecule has 136 valence electrons. The molecule has 0 spiro atoms. The number of carbonyl (C=O) groups excluding carboxylic acids is 2. The van der Waals surface area contributed by atoms with Crippen LogP contribution in [0, 0.1) is 11.7 Å². The van der Waals surface area contributed by atoms with Gasteiger partial charge >= 0.3 is 0 Å². The van der Waals surface area contributed by atoms with Gasteiger partial charge in [0.2, 0.25) is 11.8 Å². The minimum atomic E-state index is -0.964. The van der Waals surface area contributed by atoms with Gasteiger partial charge in [0.05, 0.1) is 6.10 Å². The molecule has 25 heavy (non-hydrogen) atoms. The molecule has 0 bridgehead atoms. The van der Waals surface area contributed by atoms with Crippen molar-refractivity contribution in [2.45, 2.75) is 63.1 Å². The maximum Gasteiger partial charge on any atom is 0.245 e. The number of hydrogen-bond donors (Lipinski definition) is 3. The van der Waals surface area contributed by atoms with E-state index in [-0.39, 0.29) is 35.5 Å². The maximum absolute atomic E-state index is 13.1. The summed E-state index contributed by atoms with van der Waals surface area (Å²) in [5, 5.41) is 15.5. The van der Waals surface area contributed by atoms with E-state index in [1.165, 1.54) is 19.1 Å². The van der Waals surface area contributed by atoms with Crippen molar-refractivity contribution in [3.63, 3.8) is 0 Å². The van der Waals surface area contributed by atoms with E-state index in [1.807, 2.05) is 0 Å². The van der Waals surface area contributed by atoms with Gasteiger partial charge in [-0.2, -0.15) is 0 Å². The monoisotopic (exact) mass is 348 g/mol. The second kappa shape index (κ2) is 7.52. The number of benzene rings is 1. The molecule has 1 aromatic rings. The van der Waals surface area contributed by atoms with Crippen LogP contribution in [0.3, 0.4) is 0 Å². The van der Waals surface area contributed by atoms with Gasteiger partial charge in [-0.05, 0) is 50.3 Å². The molecule has 2 amide bonds. The Hall–Kier alpha value is -1.95. The minimum Gasteiger partial charge on any atom is -0.391 e. The Morgan fingerprint density at radius 2 is 1.84 bits per heavy atom. The van der Waals surface area contributed by atoms with Crippen LogP contribution in [0.4, 0.5) is 4.39 Å². The molecule has 0 aromatic heterocycles. The van der Waals surface area contributed by atoms with Crippen LogP contribution in [0.2, 0.25) is 0 Å². The van der Waals surface area contributed by atoms with E-state index < -0.39 is 12.1 Å². The van der Waals surface area contributed by atoms with E-state index in [9.17, 15) is 19.1 Å². The van der Waals surface area contributed by atoms with Gasteiger partial charge in [-0.3, -0.25) is 9.59 Å². The summed E-state index contributed by atoms with van der Waals surface area (Å²) >= 11 is 0. The first-order valence-corrected chi connectivity index (χ1v) is 9.00. The second-order valence-electron chi connectivity index (χ2n) is 7.21. The number of aliphatic hydroxyl groups is 1. The Morgan fingerprint density at radius 1 is 1.16 bits per heavy atom. The lowest BCUT2D eigenvalue weighted by molar-refractivity contribution is -0.132. The zero-order valence-corrected chi connectivity index (χ0v) is 14.4. The topological polar surface area (TPSA) is 78.4 Å². The normalized spacial score (nSPS) is 25.2. The van der Waals surface area contributed by atoms with Gasteiger partial charge in [-0.15, -0.1) is 0 Å². The molecule has 0 radical (unpaired) electrons. The van der Waals surface area contributed by atoms with E-state index >= 15 is 0 Å². The molecule has 3 rings (SSSR count). The lowest BCUT2D eigenvalue weighted by Crippen LogP contribution is -2.55. The third-order valence-corrected chi connectivity index (χ3v) is 5.15. The second-order valence-corrected chi connectivity index (χ2v) is 7.21. The summed E-state index contributed by atoms with van der Waals surface area (Å²) in [5.41, 5.74) is 1.000. The van der Waals surface area contributed by atoms with E-state index in [1.54, 1.807) is 12.1 Å². The molecule has 0 heterocycles. The number of amides is 2. The van der Waals surface area contributed by atoms with E-state index in [4.69, 9.17) is 0 Å². The predicted octanol–water partition coefficient (Wildman–Crippen LogP) is 1.85. The van der Waals surface area contributed by atoms with Crippen LogP contribution >= 0.6 is 0 Å². The highest BCUT2D eigenvalue weighted by atomic mass is 19.1. The largest absolute Gasteiger partial charge is 0.391 e. The third kappa shape index (κ3) is 4.37. The number of hydrogen-bond acceptors (Lipinski definition) is 3. The van der Waals surface area contributed by atoms with Gasteiger partial charge in [0.15, 0.2) is 0 Å². The Morgan fingerprint density at radius 3 is 2.44 bits per heavy atom.